The molecule has 7 heteroatoms. The van der Waals surface area contributed by atoms with Gasteiger partial charge in [0.15, 0.2) is 11.4 Å². The summed E-state index contributed by atoms with van der Waals surface area (Å²) in [6, 6.07) is 14.1. The zero-order chi connectivity index (χ0) is 19.7. The van der Waals surface area contributed by atoms with Crippen LogP contribution in [0.4, 0.5) is 5.69 Å². The van der Waals surface area contributed by atoms with E-state index < -0.39 is 11.5 Å². The minimum atomic E-state index is -1.86. The maximum absolute atomic E-state index is 13.2. The first kappa shape index (κ1) is 19.3. The molecule has 0 bridgehead atoms. The number of anilines is 1. The Morgan fingerprint density at radius 2 is 1.89 bits per heavy atom. The van der Waals surface area contributed by atoms with Crippen LogP contribution in [0.1, 0.15) is 22.3 Å². The molecule has 1 atom stereocenters. The molecule has 2 aromatic rings. The van der Waals surface area contributed by atoms with Crippen LogP contribution in [-0.4, -0.2) is 54.7 Å². The molecular weight excluding hydrogens is 424 g/mol. The second-order valence-corrected chi connectivity index (χ2v) is 8.01. The summed E-state index contributed by atoms with van der Waals surface area (Å²) in [5.41, 5.74) is -0.262. The summed E-state index contributed by atoms with van der Waals surface area (Å²) in [6.07, 6.45) is -0.293. The van der Waals surface area contributed by atoms with Crippen molar-refractivity contribution < 1.29 is 19.4 Å². The topological polar surface area (TPSA) is 70.1 Å². The molecule has 0 aromatic heterocycles. The van der Waals surface area contributed by atoms with Gasteiger partial charge in [-0.15, -0.1) is 0 Å². The Kier molecular flexibility index (Phi) is 5.33. The Labute approximate surface area is 171 Å². The van der Waals surface area contributed by atoms with Gasteiger partial charge in [-0.3, -0.25) is 19.4 Å². The molecule has 2 aromatic carbocycles. The van der Waals surface area contributed by atoms with E-state index in [1.807, 2.05) is 18.2 Å². The number of hydrogen-bond donors (Lipinski definition) is 1. The van der Waals surface area contributed by atoms with E-state index in [4.69, 9.17) is 4.74 Å². The summed E-state index contributed by atoms with van der Waals surface area (Å²) in [5.74, 6) is -0.733. The summed E-state index contributed by atoms with van der Waals surface area (Å²) in [6.45, 7) is 3.06. The van der Waals surface area contributed by atoms with Gasteiger partial charge in [0.1, 0.15) is 0 Å². The highest BCUT2D eigenvalue weighted by molar-refractivity contribution is 9.10. The van der Waals surface area contributed by atoms with Gasteiger partial charge in [0.05, 0.1) is 32.0 Å². The molecule has 2 aliphatic heterocycles. The van der Waals surface area contributed by atoms with Crippen LogP contribution in [0, 0.1) is 0 Å². The monoisotopic (exact) mass is 444 g/mol. The van der Waals surface area contributed by atoms with Gasteiger partial charge in [0.25, 0.3) is 5.91 Å². The number of hydrogen-bond acceptors (Lipinski definition) is 5. The van der Waals surface area contributed by atoms with Crippen LogP contribution in [-0.2, 0) is 15.1 Å². The molecule has 0 saturated carbocycles. The number of morpholine rings is 1. The first-order valence-electron chi connectivity index (χ1n) is 9.22. The number of ether oxygens (including phenoxy) is 1. The molecule has 1 fully saturated rings. The fourth-order valence-electron chi connectivity index (χ4n) is 3.76. The summed E-state index contributed by atoms with van der Waals surface area (Å²) in [5, 5.41) is 11.3. The summed E-state index contributed by atoms with van der Waals surface area (Å²) >= 11 is 3.35. The lowest BCUT2D eigenvalue weighted by Crippen LogP contribution is -2.49. The molecule has 4 rings (SSSR count). The van der Waals surface area contributed by atoms with Crippen LogP contribution in [0.2, 0.25) is 0 Å². The predicted octanol–water partition coefficient (Wildman–Crippen LogP) is 2.55. The Morgan fingerprint density at radius 3 is 2.64 bits per heavy atom. The summed E-state index contributed by atoms with van der Waals surface area (Å²) in [7, 11) is 0. The largest absolute Gasteiger partial charge is 0.379 e. The number of fused-ring (bicyclic) bond motifs is 1. The van der Waals surface area contributed by atoms with Crippen molar-refractivity contribution >= 4 is 33.3 Å². The summed E-state index contributed by atoms with van der Waals surface area (Å²) < 4.78 is 6.15. The standard InChI is InChI=1S/C21H21BrN2O4/c22-16-5-3-4-15(12-16)19(25)13-21(27)17-6-1-2-7-18(17)24(20(21)26)14-23-8-10-28-11-9-23/h1-7,12,27H,8-11,13-14H2/t21-/m0/s1. The number of amides is 1. The quantitative estimate of drug-likeness (QED) is 0.717. The van der Waals surface area contributed by atoms with Crippen molar-refractivity contribution in [2.24, 2.45) is 0 Å². The van der Waals surface area contributed by atoms with Crippen LogP contribution in [0.15, 0.2) is 53.0 Å². The number of nitrogens with zero attached hydrogens (tertiary/aromatic N) is 2. The third-order valence-electron chi connectivity index (χ3n) is 5.25. The molecule has 6 nitrogen and oxygen atoms in total. The Bertz CT molecular complexity index is 913. The average Bonchev–Trinajstić information content (AvgIpc) is 2.91. The van der Waals surface area contributed by atoms with E-state index in [-0.39, 0.29) is 12.2 Å². The Hall–Kier alpha value is -2.06. The number of benzene rings is 2. The normalized spacial score (nSPS) is 22.4. The van der Waals surface area contributed by atoms with E-state index >= 15 is 0 Å². The second kappa shape index (κ2) is 7.75. The Morgan fingerprint density at radius 1 is 1.14 bits per heavy atom. The maximum atomic E-state index is 13.2. The molecule has 1 saturated heterocycles. The molecule has 2 heterocycles. The van der Waals surface area contributed by atoms with E-state index in [0.717, 1.165) is 17.6 Å². The van der Waals surface area contributed by atoms with Crippen molar-refractivity contribution in [2.75, 3.05) is 37.9 Å². The minimum absolute atomic E-state index is 0.278. The number of Topliss-reactive ketones (excluding diaryl/α,β-unsaturated/α-hetero) is 1. The van der Waals surface area contributed by atoms with E-state index in [1.165, 1.54) is 0 Å². The highest BCUT2D eigenvalue weighted by Crippen LogP contribution is 2.43. The molecule has 0 spiro atoms. The molecule has 0 radical (unpaired) electrons. The van der Waals surface area contributed by atoms with Gasteiger partial charge in [0, 0.05) is 28.7 Å². The fraction of sp³-hybridized carbons (Fsp3) is 0.333. The van der Waals surface area contributed by atoms with E-state index in [9.17, 15) is 14.7 Å². The molecule has 0 unspecified atom stereocenters. The van der Waals surface area contributed by atoms with Gasteiger partial charge < -0.3 is 9.84 Å². The number of aliphatic hydroxyl groups is 1. The predicted molar refractivity (Wildman–Crippen MR) is 108 cm³/mol. The van der Waals surface area contributed by atoms with Gasteiger partial charge in [0.2, 0.25) is 0 Å². The summed E-state index contributed by atoms with van der Waals surface area (Å²) in [4.78, 5) is 29.8. The third kappa shape index (κ3) is 3.51. The molecule has 28 heavy (non-hydrogen) atoms. The van der Waals surface area contributed by atoms with Gasteiger partial charge in [-0.05, 0) is 18.2 Å². The van der Waals surface area contributed by atoms with E-state index in [0.29, 0.717) is 36.7 Å². The molecule has 1 N–H and O–H groups in total. The first-order chi connectivity index (χ1) is 13.5. The van der Waals surface area contributed by atoms with Crippen LogP contribution in [0.3, 0.4) is 0 Å². The van der Waals surface area contributed by atoms with Crippen LogP contribution in [0.5, 0.6) is 0 Å². The number of carbonyl (C=O) groups excluding carboxylic acids is 2. The number of carbonyl (C=O) groups is 2. The molecule has 146 valence electrons. The smallest absolute Gasteiger partial charge is 0.265 e. The van der Waals surface area contributed by atoms with Crippen molar-refractivity contribution in [1.82, 2.24) is 4.90 Å². The van der Waals surface area contributed by atoms with Gasteiger partial charge in [-0.2, -0.15) is 0 Å². The molecular formula is C21H21BrN2O4. The highest BCUT2D eigenvalue weighted by Gasteiger charge is 2.51. The van der Waals surface area contributed by atoms with Gasteiger partial charge in [-0.1, -0.05) is 46.3 Å². The van der Waals surface area contributed by atoms with E-state index in [2.05, 4.69) is 20.8 Å². The highest BCUT2D eigenvalue weighted by atomic mass is 79.9. The SMILES string of the molecule is O=C(C[C@@]1(O)C(=O)N(CN2CCOCC2)c2ccccc21)c1cccc(Br)c1. The third-order valence-corrected chi connectivity index (χ3v) is 5.74. The fourth-order valence-corrected chi connectivity index (χ4v) is 4.16. The lowest BCUT2D eigenvalue weighted by atomic mass is 9.88. The Balaban J connectivity index is 1.62. The van der Waals surface area contributed by atoms with E-state index in [1.54, 1.807) is 35.2 Å². The zero-order valence-corrected chi connectivity index (χ0v) is 16.9. The number of para-hydroxylation sites is 1. The first-order valence-corrected chi connectivity index (χ1v) is 10.0. The molecule has 0 aliphatic carbocycles. The van der Waals surface area contributed by atoms with Crippen molar-refractivity contribution in [2.45, 2.75) is 12.0 Å². The second-order valence-electron chi connectivity index (χ2n) is 7.09. The van der Waals surface area contributed by atoms with Crippen LogP contribution >= 0.6 is 15.9 Å². The zero-order valence-electron chi connectivity index (χ0n) is 15.3. The number of ketones is 1. The van der Waals surface area contributed by atoms with Gasteiger partial charge >= 0.3 is 0 Å². The van der Waals surface area contributed by atoms with Gasteiger partial charge in [-0.25, -0.2) is 0 Å². The maximum Gasteiger partial charge on any atom is 0.265 e. The average molecular weight is 445 g/mol. The van der Waals surface area contributed by atoms with Crippen molar-refractivity contribution in [3.63, 3.8) is 0 Å². The van der Waals surface area contributed by atoms with Crippen molar-refractivity contribution in [1.29, 1.82) is 0 Å². The lowest BCUT2D eigenvalue weighted by Gasteiger charge is -2.31. The number of halogens is 1. The minimum Gasteiger partial charge on any atom is -0.379 e. The molecule has 2 aliphatic rings. The molecule has 1 amide bonds. The van der Waals surface area contributed by atoms with Crippen LogP contribution < -0.4 is 4.90 Å². The number of rotatable bonds is 5. The van der Waals surface area contributed by atoms with Crippen molar-refractivity contribution in [3.05, 3.63) is 64.1 Å². The lowest BCUT2D eigenvalue weighted by molar-refractivity contribution is -0.136. The van der Waals surface area contributed by atoms with Crippen LogP contribution in [0.25, 0.3) is 0 Å². The van der Waals surface area contributed by atoms with Crippen molar-refractivity contribution in [3.8, 4) is 0 Å².